The monoisotopic (exact) mass is 423 g/mol. The Balaban J connectivity index is 1.46. The molecule has 9 heteroatoms. The summed E-state index contributed by atoms with van der Waals surface area (Å²) in [6, 6.07) is 13.9. The molecule has 1 aliphatic heterocycles. The third-order valence-corrected chi connectivity index (χ3v) is 4.99. The normalized spacial score (nSPS) is 15.7. The number of nitrogens with one attached hydrogen (secondary N) is 1. The molecule has 0 saturated carbocycles. The number of nitrogens with two attached hydrogens (primary N) is 1. The van der Waals surface area contributed by atoms with Gasteiger partial charge in [0, 0.05) is 18.7 Å². The van der Waals surface area contributed by atoms with Crippen LogP contribution in [-0.4, -0.2) is 41.0 Å². The molecule has 4 rings (SSSR count). The van der Waals surface area contributed by atoms with Gasteiger partial charge in [0.15, 0.2) is 0 Å². The second-order valence-electron chi connectivity index (χ2n) is 7.35. The third kappa shape index (κ3) is 4.66. The Morgan fingerprint density at radius 1 is 1.26 bits per heavy atom. The summed E-state index contributed by atoms with van der Waals surface area (Å²) in [5.41, 5.74) is 8.20. The topological polar surface area (TPSA) is 102 Å². The van der Waals surface area contributed by atoms with Crippen molar-refractivity contribution < 1.29 is 18.7 Å². The number of hydrogen-bond donors (Lipinski definition) is 2. The summed E-state index contributed by atoms with van der Waals surface area (Å²) in [7, 11) is 0. The number of amides is 2. The molecule has 3 N–H and O–H groups in total. The van der Waals surface area contributed by atoms with Gasteiger partial charge in [0.2, 0.25) is 5.91 Å². The van der Waals surface area contributed by atoms with E-state index < -0.39 is 18.0 Å². The maximum atomic E-state index is 14.9. The first kappa shape index (κ1) is 20.4. The average Bonchev–Trinajstić information content (AvgIpc) is 3.32. The Hall–Kier alpha value is -3.88. The highest BCUT2D eigenvalue weighted by Crippen LogP contribution is 2.29. The van der Waals surface area contributed by atoms with Gasteiger partial charge >= 0.3 is 6.09 Å². The first-order chi connectivity index (χ1) is 14.9. The van der Waals surface area contributed by atoms with Gasteiger partial charge in [-0.25, -0.2) is 9.18 Å². The smallest absolute Gasteiger partial charge is 0.414 e. The zero-order valence-corrected chi connectivity index (χ0v) is 16.9. The highest BCUT2D eigenvalue weighted by molar-refractivity contribution is 5.90. The van der Waals surface area contributed by atoms with Gasteiger partial charge in [-0.3, -0.25) is 14.4 Å². The number of anilines is 2. The fourth-order valence-electron chi connectivity index (χ4n) is 3.44. The predicted molar refractivity (Wildman–Crippen MR) is 114 cm³/mol. The van der Waals surface area contributed by atoms with Crippen LogP contribution in [-0.2, 0) is 16.1 Å². The Labute approximate surface area is 178 Å². The standard InChI is InChI=1S/C22H22FN5O3/c1-14(29)25-11-18-13-28(22(30)31-18)17-6-7-19(20(23)10-17)16-4-2-15(3-5-16)12-27-9-8-21(24)26-27/h2-10,18H,11-13H2,1H3,(H2,24,26)(H,25,29). The second-order valence-corrected chi connectivity index (χ2v) is 7.35. The number of ether oxygens (including phenoxy) is 1. The Morgan fingerprint density at radius 3 is 2.68 bits per heavy atom. The molecule has 3 aromatic rings. The second kappa shape index (κ2) is 8.47. The highest BCUT2D eigenvalue weighted by Gasteiger charge is 2.32. The molecular formula is C22H22FN5O3. The van der Waals surface area contributed by atoms with E-state index in [0.717, 1.165) is 11.1 Å². The maximum Gasteiger partial charge on any atom is 0.414 e. The van der Waals surface area contributed by atoms with Crippen LogP contribution >= 0.6 is 0 Å². The van der Waals surface area contributed by atoms with E-state index in [-0.39, 0.29) is 19.0 Å². The molecule has 2 amide bonds. The summed E-state index contributed by atoms with van der Waals surface area (Å²) in [5.74, 6) is -0.185. The number of nitrogens with zero attached hydrogens (tertiary/aromatic N) is 3. The lowest BCUT2D eigenvalue weighted by atomic mass is 10.0. The number of nitrogen functional groups attached to an aromatic ring is 1. The van der Waals surface area contributed by atoms with Gasteiger partial charge in [-0.05, 0) is 35.4 Å². The van der Waals surface area contributed by atoms with Crippen molar-refractivity contribution in [3.8, 4) is 11.1 Å². The summed E-state index contributed by atoms with van der Waals surface area (Å²) < 4.78 is 21.8. The predicted octanol–water partition coefficient (Wildman–Crippen LogP) is 2.78. The van der Waals surface area contributed by atoms with Crippen molar-refractivity contribution in [2.45, 2.75) is 19.6 Å². The number of hydrogen-bond acceptors (Lipinski definition) is 5. The van der Waals surface area contributed by atoms with Gasteiger partial charge in [0.1, 0.15) is 17.7 Å². The molecule has 31 heavy (non-hydrogen) atoms. The Morgan fingerprint density at radius 2 is 2.03 bits per heavy atom. The lowest BCUT2D eigenvalue weighted by Crippen LogP contribution is -2.33. The first-order valence-electron chi connectivity index (χ1n) is 9.79. The van der Waals surface area contributed by atoms with Crippen molar-refractivity contribution in [3.05, 3.63) is 66.1 Å². The number of rotatable bonds is 6. The van der Waals surface area contributed by atoms with Crippen molar-refractivity contribution in [1.82, 2.24) is 15.1 Å². The van der Waals surface area contributed by atoms with E-state index in [1.54, 1.807) is 29.1 Å². The molecule has 1 fully saturated rings. The number of carbonyl (C=O) groups is 2. The van der Waals surface area contributed by atoms with Crippen LogP contribution in [0.3, 0.4) is 0 Å². The number of carbonyl (C=O) groups excluding carboxylic acids is 2. The van der Waals surface area contributed by atoms with Gasteiger partial charge < -0.3 is 15.8 Å². The van der Waals surface area contributed by atoms with Crippen LogP contribution in [0.1, 0.15) is 12.5 Å². The number of aromatic nitrogens is 2. The Kier molecular flexibility index (Phi) is 5.57. The first-order valence-corrected chi connectivity index (χ1v) is 9.79. The molecule has 160 valence electrons. The average molecular weight is 423 g/mol. The molecule has 0 spiro atoms. The van der Waals surface area contributed by atoms with Crippen LogP contribution in [0.25, 0.3) is 11.1 Å². The summed E-state index contributed by atoms with van der Waals surface area (Å²) in [5, 5.41) is 6.77. The minimum atomic E-state index is -0.564. The van der Waals surface area contributed by atoms with Gasteiger partial charge in [0.25, 0.3) is 0 Å². The molecule has 2 heterocycles. The van der Waals surface area contributed by atoms with Gasteiger partial charge in [-0.2, -0.15) is 5.10 Å². The largest absolute Gasteiger partial charge is 0.442 e. The summed E-state index contributed by atoms with van der Waals surface area (Å²) in [6.45, 7) is 2.41. The van der Waals surface area contributed by atoms with Gasteiger partial charge in [-0.1, -0.05) is 24.3 Å². The van der Waals surface area contributed by atoms with E-state index in [1.807, 2.05) is 24.3 Å². The molecule has 0 radical (unpaired) electrons. The zero-order valence-electron chi connectivity index (χ0n) is 16.9. The van der Waals surface area contributed by atoms with E-state index >= 15 is 0 Å². The van der Waals surface area contributed by atoms with Crippen molar-refractivity contribution in [2.24, 2.45) is 0 Å². The van der Waals surface area contributed by atoms with Crippen LogP contribution in [0.15, 0.2) is 54.7 Å². The van der Waals surface area contributed by atoms with Crippen LogP contribution in [0.2, 0.25) is 0 Å². The van der Waals surface area contributed by atoms with Gasteiger partial charge in [0.05, 0.1) is 25.3 Å². The fraction of sp³-hybridized carbons (Fsp3) is 0.227. The molecule has 1 saturated heterocycles. The molecule has 1 unspecified atom stereocenters. The quantitative estimate of drug-likeness (QED) is 0.635. The maximum absolute atomic E-state index is 14.9. The molecule has 2 aromatic carbocycles. The van der Waals surface area contributed by atoms with Crippen molar-refractivity contribution in [3.63, 3.8) is 0 Å². The van der Waals surface area contributed by atoms with Crippen LogP contribution < -0.4 is 16.0 Å². The summed E-state index contributed by atoms with van der Waals surface area (Å²) >= 11 is 0. The lowest BCUT2D eigenvalue weighted by Gasteiger charge is -2.15. The van der Waals surface area contributed by atoms with E-state index in [0.29, 0.717) is 23.6 Å². The summed E-state index contributed by atoms with van der Waals surface area (Å²) in [6.07, 6.45) is 0.758. The van der Waals surface area contributed by atoms with Crippen LogP contribution in [0.4, 0.5) is 20.7 Å². The number of cyclic esters (lactones) is 1. The van der Waals surface area contributed by atoms with E-state index in [9.17, 15) is 14.0 Å². The molecule has 8 nitrogen and oxygen atoms in total. The SMILES string of the molecule is CC(=O)NCC1CN(c2ccc(-c3ccc(Cn4ccc(N)n4)cc3)c(F)c2)C(=O)O1. The Bertz CT molecular complexity index is 1110. The minimum Gasteiger partial charge on any atom is -0.442 e. The molecule has 1 aromatic heterocycles. The fourth-order valence-corrected chi connectivity index (χ4v) is 3.44. The van der Waals surface area contributed by atoms with Crippen LogP contribution in [0.5, 0.6) is 0 Å². The zero-order chi connectivity index (χ0) is 22.0. The van der Waals surface area contributed by atoms with Crippen molar-refractivity contribution >= 4 is 23.5 Å². The lowest BCUT2D eigenvalue weighted by molar-refractivity contribution is -0.119. The minimum absolute atomic E-state index is 0.204. The molecular weight excluding hydrogens is 401 g/mol. The number of halogens is 1. The van der Waals surface area contributed by atoms with E-state index in [1.165, 1.54) is 17.9 Å². The third-order valence-electron chi connectivity index (χ3n) is 4.99. The van der Waals surface area contributed by atoms with E-state index in [4.69, 9.17) is 10.5 Å². The van der Waals surface area contributed by atoms with Crippen molar-refractivity contribution in [1.29, 1.82) is 0 Å². The molecule has 0 bridgehead atoms. The molecule has 0 aliphatic carbocycles. The number of benzene rings is 2. The van der Waals surface area contributed by atoms with Crippen LogP contribution in [0, 0.1) is 5.82 Å². The summed E-state index contributed by atoms with van der Waals surface area (Å²) in [4.78, 5) is 24.5. The molecule has 1 aliphatic rings. The van der Waals surface area contributed by atoms with Crippen molar-refractivity contribution in [2.75, 3.05) is 23.7 Å². The van der Waals surface area contributed by atoms with Gasteiger partial charge in [-0.15, -0.1) is 0 Å². The van der Waals surface area contributed by atoms with E-state index in [2.05, 4.69) is 10.4 Å². The molecule has 1 atom stereocenters. The highest BCUT2D eigenvalue weighted by atomic mass is 19.1.